The number of ether oxygens (including phenoxy) is 1. The van der Waals surface area contributed by atoms with Crippen LogP contribution < -0.4 is 11.1 Å². The number of nitrogens with one attached hydrogen (secondary N) is 1. The van der Waals surface area contributed by atoms with Crippen molar-refractivity contribution >= 4 is 39.4 Å². The Kier molecular flexibility index (Phi) is 7.53. The van der Waals surface area contributed by atoms with Crippen LogP contribution in [0.5, 0.6) is 0 Å². The molecule has 3 N–H and O–H groups in total. The molecule has 0 unspecified atom stereocenters. The van der Waals surface area contributed by atoms with Gasteiger partial charge in [-0.3, -0.25) is 4.98 Å². The van der Waals surface area contributed by atoms with Gasteiger partial charge in [0.2, 0.25) is 0 Å². The minimum atomic E-state index is -0.551. The second-order valence-corrected chi connectivity index (χ2v) is 10.1. The molecule has 1 atom stereocenters. The van der Waals surface area contributed by atoms with Crippen molar-refractivity contribution in [3.63, 3.8) is 0 Å². The number of nitrogens with zero attached hydrogens (tertiary/aromatic N) is 3. The topological polar surface area (TPSA) is 103 Å². The largest absolute Gasteiger partial charge is 0.457 e. The van der Waals surface area contributed by atoms with Gasteiger partial charge in [0.05, 0.1) is 10.2 Å². The molecule has 3 aromatic heterocycles. The molecule has 180 valence electrons. The Hall–Kier alpha value is -3.62. The number of pyridine rings is 1. The molecule has 3 heterocycles. The van der Waals surface area contributed by atoms with Gasteiger partial charge >= 0.3 is 5.97 Å². The summed E-state index contributed by atoms with van der Waals surface area (Å²) in [6, 6.07) is 13.8. The predicted octanol–water partition coefficient (Wildman–Crippen LogP) is 5.09. The lowest BCUT2D eigenvalue weighted by molar-refractivity contribution is -0.148. The summed E-state index contributed by atoms with van der Waals surface area (Å²) in [5, 5.41) is 5.39. The number of esters is 1. The molecule has 0 bridgehead atoms. The van der Waals surface area contributed by atoms with Gasteiger partial charge in [0.1, 0.15) is 11.4 Å². The average Bonchev–Trinajstić information content (AvgIpc) is 3.24. The number of hydrogen-bond donors (Lipinski definition) is 2. The highest BCUT2D eigenvalue weighted by atomic mass is 32.1. The van der Waals surface area contributed by atoms with E-state index in [9.17, 15) is 4.79 Å². The van der Waals surface area contributed by atoms with Crippen molar-refractivity contribution in [1.82, 2.24) is 15.0 Å². The second-order valence-electron chi connectivity index (χ2n) is 9.20. The van der Waals surface area contributed by atoms with Crippen LogP contribution in [0.3, 0.4) is 0 Å². The number of carbonyl (C=O) groups is 1. The van der Waals surface area contributed by atoms with Gasteiger partial charge in [0.25, 0.3) is 0 Å². The maximum atomic E-state index is 12.2. The van der Waals surface area contributed by atoms with E-state index in [-0.39, 0.29) is 6.04 Å². The van der Waals surface area contributed by atoms with Crippen molar-refractivity contribution < 1.29 is 9.53 Å². The van der Waals surface area contributed by atoms with Crippen molar-refractivity contribution in [2.75, 3.05) is 11.9 Å². The summed E-state index contributed by atoms with van der Waals surface area (Å²) in [5.41, 5.74) is 9.49. The minimum Gasteiger partial charge on any atom is -0.457 e. The zero-order valence-corrected chi connectivity index (χ0v) is 20.9. The average molecular weight is 488 g/mol. The summed E-state index contributed by atoms with van der Waals surface area (Å²) >= 11 is 1.52. The van der Waals surface area contributed by atoms with Crippen LogP contribution in [-0.2, 0) is 16.0 Å². The molecule has 4 aromatic rings. The van der Waals surface area contributed by atoms with E-state index in [0.717, 1.165) is 27.8 Å². The zero-order chi connectivity index (χ0) is 24.8. The van der Waals surface area contributed by atoms with Gasteiger partial charge in [-0.15, -0.1) is 11.3 Å². The van der Waals surface area contributed by atoms with Crippen LogP contribution in [0.15, 0.2) is 66.3 Å². The standard InChI is InChI=1S/C27H29N5O2S/c1-27(2,3)34-22(33)10-9-20-17-35-24-23(20)31-25(19-11-13-29-14-12-19)32-26(24)30-16-21(28)15-18-7-5-4-6-8-18/h4-14,17,21H,15-16,28H2,1-3H3,(H,30,31,32)/b10-9+/t21-/m0/s1. The fraction of sp³-hybridized carbons (Fsp3) is 0.259. The molecule has 1 aromatic carbocycles. The Bertz CT molecular complexity index is 1310. The van der Waals surface area contributed by atoms with E-state index in [4.69, 9.17) is 20.4 Å². The number of thiophene rings is 1. The Morgan fingerprint density at radius 3 is 2.60 bits per heavy atom. The fourth-order valence-corrected chi connectivity index (χ4v) is 4.45. The number of hydrogen-bond acceptors (Lipinski definition) is 8. The van der Waals surface area contributed by atoms with Crippen LogP contribution in [0, 0.1) is 0 Å². The number of aromatic nitrogens is 3. The first-order chi connectivity index (χ1) is 16.8. The molecule has 7 nitrogen and oxygen atoms in total. The van der Waals surface area contributed by atoms with Gasteiger partial charge in [0, 0.05) is 47.6 Å². The summed E-state index contributed by atoms with van der Waals surface area (Å²) in [6.07, 6.45) is 7.35. The van der Waals surface area contributed by atoms with Crippen LogP contribution in [0.25, 0.3) is 27.7 Å². The van der Waals surface area contributed by atoms with Gasteiger partial charge in [-0.1, -0.05) is 30.3 Å². The van der Waals surface area contributed by atoms with Gasteiger partial charge < -0.3 is 15.8 Å². The van der Waals surface area contributed by atoms with E-state index in [2.05, 4.69) is 22.4 Å². The summed E-state index contributed by atoms with van der Waals surface area (Å²) in [7, 11) is 0. The molecule has 4 rings (SSSR count). The maximum Gasteiger partial charge on any atom is 0.331 e. The Labute approximate surface area is 209 Å². The number of nitrogens with two attached hydrogens (primary N) is 1. The molecule has 8 heteroatoms. The second kappa shape index (κ2) is 10.8. The fourth-order valence-electron chi connectivity index (χ4n) is 3.51. The molecule has 0 aliphatic rings. The van der Waals surface area contributed by atoms with Crippen LogP contribution in [-0.4, -0.2) is 39.1 Å². The first-order valence-electron chi connectivity index (χ1n) is 11.4. The highest BCUT2D eigenvalue weighted by Crippen LogP contribution is 2.33. The Balaban J connectivity index is 1.62. The van der Waals surface area contributed by atoms with E-state index in [1.807, 2.05) is 56.5 Å². The number of fused-ring (bicyclic) bond motifs is 1. The van der Waals surface area contributed by atoms with Gasteiger partial charge in [-0.25, -0.2) is 14.8 Å². The van der Waals surface area contributed by atoms with Gasteiger partial charge in [-0.2, -0.15) is 0 Å². The molecule has 0 spiro atoms. The Morgan fingerprint density at radius 2 is 1.89 bits per heavy atom. The molecule has 35 heavy (non-hydrogen) atoms. The summed E-state index contributed by atoms with van der Waals surface area (Å²) < 4.78 is 6.29. The highest BCUT2D eigenvalue weighted by molar-refractivity contribution is 7.18. The monoisotopic (exact) mass is 487 g/mol. The lowest BCUT2D eigenvalue weighted by Gasteiger charge is -2.17. The summed E-state index contributed by atoms with van der Waals surface area (Å²) in [5.74, 6) is 0.891. The van der Waals surface area contributed by atoms with E-state index in [0.29, 0.717) is 18.2 Å². The van der Waals surface area contributed by atoms with Gasteiger partial charge in [-0.05, 0) is 51.0 Å². The van der Waals surface area contributed by atoms with Crippen LogP contribution >= 0.6 is 11.3 Å². The first-order valence-corrected chi connectivity index (χ1v) is 12.3. The summed E-state index contributed by atoms with van der Waals surface area (Å²) in [6.45, 7) is 6.08. The van der Waals surface area contributed by atoms with Gasteiger partial charge in [0.15, 0.2) is 5.82 Å². The lowest BCUT2D eigenvalue weighted by atomic mass is 10.1. The zero-order valence-electron chi connectivity index (χ0n) is 20.1. The third-order valence-corrected chi connectivity index (χ3v) is 6.05. The van der Waals surface area contributed by atoms with Crippen molar-refractivity contribution in [3.8, 4) is 11.4 Å². The third-order valence-electron chi connectivity index (χ3n) is 5.06. The minimum absolute atomic E-state index is 0.0849. The van der Waals surface area contributed by atoms with Crippen LogP contribution in [0.4, 0.5) is 5.82 Å². The normalized spacial score (nSPS) is 12.7. The molecule has 0 saturated heterocycles. The number of anilines is 1. The SMILES string of the molecule is CC(C)(C)OC(=O)/C=C/c1csc2c(NC[C@@H](N)Cc3ccccc3)nc(-c3ccncc3)nc12. The molecule has 0 amide bonds. The van der Waals surface area contributed by atoms with E-state index in [1.165, 1.54) is 23.0 Å². The predicted molar refractivity (Wildman–Crippen MR) is 142 cm³/mol. The van der Waals surface area contributed by atoms with Crippen molar-refractivity contribution in [3.05, 3.63) is 77.4 Å². The number of rotatable bonds is 8. The first kappa shape index (κ1) is 24.5. The van der Waals surface area contributed by atoms with Crippen molar-refractivity contribution in [2.24, 2.45) is 5.73 Å². The molecule has 0 aliphatic heterocycles. The van der Waals surface area contributed by atoms with E-state index >= 15 is 0 Å². The molecule has 0 fully saturated rings. The number of carbonyl (C=O) groups excluding carboxylic acids is 1. The van der Waals surface area contributed by atoms with Crippen molar-refractivity contribution in [1.29, 1.82) is 0 Å². The van der Waals surface area contributed by atoms with E-state index in [1.54, 1.807) is 18.5 Å². The van der Waals surface area contributed by atoms with E-state index < -0.39 is 11.6 Å². The Morgan fingerprint density at radius 1 is 1.14 bits per heavy atom. The molecule has 0 radical (unpaired) electrons. The number of benzene rings is 1. The molecule has 0 saturated carbocycles. The van der Waals surface area contributed by atoms with Crippen molar-refractivity contribution in [2.45, 2.75) is 38.8 Å². The highest BCUT2D eigenvalue weighted by Gasteiger charge is 2.17. The lowest BCUT2D eigenvalue weighted by Crippen LogP contribution is -2.31. The summed E-state index contributed by atoms with van der Waals surface area (Å²) in [4.78, 5) is 25.9. The maximum absolute atomic E-state index is 12.2. The van der Waals surface area contributed by atoms with Crippen LogP contribution in [0.1, 0.15) is 31.9 Å². The smallest absolute Gasteiger partial charge is 0.331 e. The molecular formula is C27H29N5O2S. The quantitative estimate of drug-likeness (QED) is 0.264. The third kappa shape index (κ3) is 6.71. The molecular weight excluding hydrogens is 458 g/mol. The van der Waals surface area contributed by atoms with Crippen LogP contribution in [0.2, 0.25) is 0 Å². The molecule has 0 aliphatic carbocycles.